The Morgan fingerprint density at radius 2 is 1.43 bits per heavy atom. The molecule has 0 spiro atoms. The number of rotatable bonds is 1. The van der Waals surface area contributed by atoms with E-state index in [0.29, 0.717) is 0 Å². The monoisotopic (exact) mass is 297 g/mol. The summed E-state index contributed by atoms with van der Waals surface area (Å²) in [6, 6.07) is 16.1. The molecule has 1 aromatic carbocycles. The lowest BCUT2D eigenvalue weighted by molar-refractivity contribution is 1.33. The Kier molecular flexibility index (Phi) is 5.99. The Bertz CT molecular complexity index is 294. The zero-order chi connectivity index (χ0) is 10.1. The van der Waals surface area contributed by atoms with Gasteiger partial charge in [0.2, 0.25) is 0 Å². The smallest absolute Gasteiger partial charge is 0.0267 e. The van der Waals surface area contributed by atoms with Gasteiger partial charge in [0, 0.05) is 16.8 Å². The predicted molar refractivity (Wildman–Crippen MR) is 68.4 cm³/mol. The van der Waals surface area contributed by atoms with Crippen molar-refractivity contribution >= 4 is 22.6 Å². The average Bonchev–Trinajstić information content (AvgIpc) is 2.33. The number of hydrogen-bond donors (Lipinski definition) is 0. The molecular formula is C12H12IN. The van der Waals surface area contributed by atoms with Crippen molar-refractivity contribution in [2.45, 2.75) is 4.43 Å². The Hall–Kier alpha value is -0.900. The third-order valence-electron chi connectivity index (χ3n) is 1.56. The first-order chi connectivity index (χ1) is 6.93. The van der Waals surface area contributed by atoms with Gasteiger partial charge in [-0.2, -0.15) is 0 Å². The largest absolute Gasteiger partial charge is 0.265 e. The van der Waals surface area contributed by atoms with E-state index in [4.69, 9.17) is 0 Å². The number of benzene rings is 1. The molecule has 1 nitrogen and oxygen atoms in total. The maximum Gasteiger partial charge on any atom is 0.0267 e. The average molecular weight is 297 g/mol. The molecule has 0 fully saturated rings. The van der Waals surface area contributed by atoms with Crippen LogP contribution in [0.15, 0.2) is 60.9 Å². The molecule has 0 aliphatic rings. The zero-order valence-corrected chi connectivity index (χ0v) is 9.96. The molecule has 0 atom stereocenters. The van der Waals surface area contributed by atoms with E-state index in [1.165, 1.54) is 5.56 Å². The lowest BCUT2D eigenvalue weighted by Gasteiger charge is -1.88. The Balaban J connectivity index is 0.000000146. The highest BCUT2D eigenvalue weighted by molar-refractivity contribution is 14.1. The maximum absolute atomic E-state index is 3.78. The van der Waals surface area contributed by atoms with Crippen LogP contribution in [0.1, 0.15) is 5.56 Å². The predicted octanol–water partition coefficient (Wildman–Crippen LogP) is 3.70. The quantitative estimate of drug-likeness (QED) is 0.577. The van der Waals surface area contributed by atoms with E-state index >= 15 is 0 Å². The number of halogens is 1. The van der Waals surface area contributed by atoms with Crippen LogP contribution in [-0.2, 0) is 4.43 Å². The van der Waals surface area contributed by atoms with Crippen LogP contribution in [-0.4, -0.2) is 4.98 Å². The first kappa shape index (κ1) is 11.2. The molecule has 2 aromatic rings. The number of pyridine rings is 1. The minimum atomic E-state index is 1.11. The second-order valence-electron chi connectivity index (χ2n) is 2.64. The van der Waals surface area contributed by atoms with Crippen LogP contribution in [0.2, 0.25) is 0 Å². The molecule has 0 N–H and O–H groups in total. The SMILES string of the molecule is ICc1ccccc1.c1ccncc1. The van der Waals surface area contributed by atoms with Crippen molar-refractivity contribution < 1.29 is 0 Å². The van der Waals surface area contributed by atoms with Crippen LogP contribution in [0.5, 0.6) is 0 Å². The van der Waals surface area contributed by atoms with E-state index in [0.717, 1.165) is 4.43 Å². The van der Waals surface area contributed by atoms with Gasteiger partial charge < -0.3 is 0 Å². The van der Waals surface area contributed by atoms with Crippen LogP contribution >= 0.6 is 22.6 Å². The highest BCUT2D eigenvalue weighted by atomic mass is 127. The summed E-state index contributed by atoms with van der Waals surface area (Å²) < 4.78 is 1.11. The summed E-state index contributed by atoms with van der Waals surface area (Å²) in [5.41, 5.74) is 1.40. The zero-order valence-electron chi connectivity index (χ0n) is 7.81. The Labute approximate surface area is 98.3 Å². The van der Waals surface area contributed by atoms with Crippen molar-refractivity contribution in [3.05, 3.63) is 66.5 Å². The second-order valence-corrected chi connectivity index (χ2v) is 3.41. The molecule has 0 radical (unpaired) electrons. The molecule has 0 bridgehead atoms. The van der Waals surface area contributed by atoms with E-state index in [1.54, 1.807) is 12.4 Å². The first-order valence-electron chi connectivity index (χ1n) is 4.38. The molecule has 2 heteroatoms. The van der Waals surface area contributed by atoms with Crippen molar-refractivity contribution in [1.82, 2.24) is 4.98 Å². The van der Waals surface area contributed by atoms with Crippen LogP contribution < -0.4 is 0 Å². The molecule has 0 unspecified atom stereocenters. The van der Waals surface area contributed by atoms with E-state index in [9.17, 15) is 0 Å². The number of nitrogens with zero attached hydrogens (tertiary/aromatic N) is 1. The topological polar surface area (TPSA) is 12.9 Å². The molecule has 0 amide bonds. The van der Waals surface area contributed by atoms with Gasteiger partial charge in [0.05, 0.1) is 0 Å². The Morgan fingerprint density at radius 1 is 0.857 bits per heavy atom. The van der Waals surface area contributed by atoms with Crippen LogP contribution in [0.4, 0.5) is 0 Å². The third kappa shape index (κ3) is 4.97. The fourth-order valence-electron chi connectivity index (χ4n) is 0.880. The van der Waals surface area contributed by atoms with Crippen molar-refractivity contribution in [1.29, 1.82) is 0 Å². The van der Waals surface area contributed by atoms with Crippen molar-refractivity contribution in [2.75, 3.05) is 0 Å². The summed E-state index contributed by atoms with van der Waals surface area (Å²) >= 11 is 2.35. The lowest BCUT2D eigenvalue weighted by Crippen LogP contribution is -1.70. The van der Waals surface area contributed by atoms with Gasteiger partial charge in [-0.1, -0.05) is 59.0 Å². The Morgan fingerprint density at radius 3 is 1.71 bits per heavy atom. The number of aromatic nitrogens is 1. The minimum Gasteiger partial charge on any atom is -0.265 e. The standard InChI is InChI=1S/C7H7I.C5H5N/c8-6-7-4-2-1-3-5-7;1-2-4-6-5-3-1/h1-5H,6H2;1-5H. The molecular weight excluding hydrogens is 285 g/mol. The molecule has 0 saturated carbocycles. The molecule has 1 heterocycles. The van der Waals surface area contributed by atoms with Gasteiger partial charge in [0.25, 0.3) is 0 Å². The van der Waals surface area contributed by atoms with Gasteiger partial charge in [-0.3, -0.25) is 4.98 Å². The summed E-state index contributed by atoms with van der Waals surface area (Å²) in [4.78, 5) is 3.78. The van der Waals surface area contributed by atoms with Gasteiger partial charge in [0.15, 0.2) is 0 Å². The summed E-state index contributed by atoms with van der Waals surface area (Å²) in [6.45, 7) is 0. The normalized spacial score (nSPS) is 8.64. The van der Waals surface area contributed by atoms with Crippen molar-refractivity contribution in [3.8, 4) is 0 Å². The fraction of sp³-hybridized carbons (Fsp3) is 0.0833. The molecule has 0 aliphatic heterocycles. The van der Waals surface area contributed by atoms with Gasteiger partial charge in [0.1, 0.15) is 0 Å². The lowest BCUT2D eigenvalue weighted by atomic mass is 10.2. The van der Waals surface area contributed by atoms with Gasteiger partial charge >= 0.3 is 0 Å². The number of alkyl halides is 1. The highest BCUT2D eigenvalue weighted by Gasteiger charge is 1.81. The van der Waals surface area contributed by atoms with Crippen LogP contribution in [0.3, 0.4) is 0 Å². The van der Waals surface area contributed by atoms with Gasteiger partial charge in [-0.05, 0) is 17.7 Å². The molecule has 2 rings (SSSR count). The van der Waals surface area contributed by atoms with Crippen LogP contribution in [0, 0.1) is 0 Å². The second kappa shape index (κ2) is 7.50. The summed E-state index contributed by atoms with van der Waals surface area (Å²) in [6.07, 6.45) is 3.50. The van der Waals surface area contributed by atoms with E-state index in [1.807, 2.05) is 24.3 Å². The summed E-state index contributed by atoms with van der Waals surface area (Å²) in [7, 11) is 0. The van der Waals surface area contributed by atoms with Crippen molar-refractivity contribution in [3.63, 3.8) is 0 Å². The van der Waals surface area contributed by atoms with Crippen LogP contribution in [0.25, 0.3) is 0 Å². The third-order valence-corrected chi connectivity index (χ3v) is 2.44. The maximum atomic E-state index is 3.78. The number of hydrogen-bond acceptors (Lipinski definition) is 1. The first-order valence-corrected chi connectivity index (χ1v) is 5.91. The fourth-order valence-corrected chi connectivity index (χ4v) is 1.39. The molecule has 14 heavy (non-hydrogen) atoms. The van der Waals surface area contributed by atoms with Gasteiger partial charge in [-0.25, -0.2) is 0 Å². The van der Waals surface area contributed by atoms with E-state index < -0.39 is 0 Å². The molecule has 0 aliphatic carbocycles. The summed E-state index contributed by atoms with van der Waals surface area (Å²) in [5, 5.41) is 0. The molecule has 1 aromatic heterocycles. The minimum absolute atomic E-state index is 1.11. The molecule has 0 saturated heterocycles. The van der Waals surface area contributed by atoms with Crippen molar-refractivity contribution in [2.24, 2.45) is 0 Å². The summed E-state index contributed by atoms with van der Waals surface area (Å²) in [5.74, 6) is 0. The van der Waals surface area contributed by atoms with Gasteiger partial charge in [-0.15, -0.1) is 0 Å². The molecule has 72 valence electrons. The van der Waals surface area contributed by atoms with E-state index in [-0.39, 0.29) is 0 Å². The van der Waals surface area contributed by atoms with E-state index in [2.05, 4.69) is 51.8 Å². The highest BCUT2D eigenvalue weighted by Crippen LogP contribution is 2.02.